The molecule has 7 heteroatoms. The number of nitro benzene ring substituents is 1. The number of carbonyl (C=O) groups excluding carboxylic acids is 1. The van der Waals surface area contributed by atoms with Crippen molar-refractivity contribution >= 4 is 11.6 Å². The van der Waals surface area contributed by atoms with Crippen LogP contribution in [-0.4, -0.2) is 17.9 Å². The Morgan fingerprint density at radius 3 is 2.59 bits per heavy atom. The quantitative estimate of drug-likeness (QED) is 0.654. The highest BCUT2D eigenvalue weighted by Crippen LogP contribution is 2.27. The zero-order valence-electron chi connectivity index (χ0n) is 11.8. The molecule has 0 aliphatic heterocycles. The number of nitrogens with one attached hydrogen (secondary N) is 1. The summed E-state index contributed by atoms with van der Waals surface area (Å²) in [5.41, 5.74) is 2.97. The number of hydrogen-bond acceptors (Lipinski definition) is 5. The van der Waals surface area contributed by atoms with Crippen LogP contribution in [0.2, 0.25) is 0 Å². The van der Waals surface area contributed by atoms with Crippen molar-refractivity contribution in [3.05, 3.63) is 69.8 Å². The molecule has 0 aromatic heterocycles. The number of carbonyl (C=O) groups is 1. The van der Waals surface area contributed by atoms with Crippen LogP contribution in [0.3, 0.4) is 0 Å². The van der Waals surface area contributed by atoms with Gasteiger partial charge in [0, 0.05) is 11.6 Å². The Bertz CT molecular complexity index is 673. The molecule has 114 valence electrons. The molecule has 0 saturated carbocycles. The minimum absolute atomic E-state index is 0.0896. The van der Waals surface area contributed by atoms with Crippen molar-refractivity contribution in [2.75, 3.05) is 7.11 Å². The van der Waals surface area contributed by atoms with Crippen molar-refractivity contribution in [1.29, 1.82) is 0 Å². The van der Waals surface area contributed by atoms with Gasteiger partial charge >= 0.3 is 5.69 Å². The largest absolute Gasteiger partial charge is 0.490 e. The minimum atomic E-state index is -0.611. The number of ether oxygens (including phenoxy) is 1. The molecule has 0 aliphatic rings. The highest BCUT2D eigenvalue weighted by molar-refractivity contribution is 5.94. The van der Waals surface area contributed by atoms with Crippen molar-refractivity contribution in [1.82, 2.24) is 5.48 Å². The Balaban J connectivity index is 2.00. The molecule has 22 heavy (non-hydrogen) atoms. The number of nitro groups is 1. The van der Waals surface area contributed by atoms with E-state index in [0.29, 0.717) is 0 Å². The summed E-state index contributed by atoms with van der Waals surface area (Å²) in [5, 5.41) is 10.9. The number of hydroxylamine groups is 1. The van der Waals surface area contributed by atoms with Gasteiger partial charge in [-0.1, -0.05) is 30.3 Å². The van der Waals surface area contributed by atoms with Crippen molar-refractivity contribution in [2.24, 2.45) is 0 Å². The van der Waals surface area contributed by atoms with Crippen LogP contribution in [0.25, 0.3) is 0 Å². The Morgan fingerprint density at radius 1 is 1.23 bits per heavy atom. The van der Waals surface area contributed by atoms with Crippen molar-refractivity contribution < 1.29 is 19.3 Å². The second-order valence-electron chi connectivity index (χ2n) is 4.35. The van der Waals surface area contributed by atoms with Gasteiger partial charge in [0.2, 0.25) is 0 Å². The predicted molar refractivity (Wildman–Crippen MR) is 78.3 cm³/mol. The normalized spacial score (nSPS) is 10.0. The Morgan fingerprint density at radius 2 is 1.95 bits per heavy atom. The van der Waals surface area contributed by atoms with Crippen LogP contribution in [0.5, 0.6) is 5.75 Å². The molecule has 0 spiro atoms. The van der Waals surface area contributed by atoms with Gasteiger partial charge in [-0.25, -0.2) is 5.48 Å². The molecule has 0 saturated heterocycles. The molecular formula is C15H14N2O5. The van der Waals surface area contributed by atoms with Gasteiger partial charge in [0.15, 0.2) is 5.75 Å². The highest BCUT2D eigenvalue weighted by Gasteiger charge is 2.18. The van der Waals surface area contributed by atoms with Gasteiger partial charge < -0.3 is 4.74 Å². The van der Waals surface area contributed by atoms with Crippen LogP contribution in [0.4, 0.5) is 5.69 Å². The molecule has 2 aromatic rings. The molecule has 0 atom stereocenters. The number of hydrogen-bond donors (Lipinski definition) is 1. The third kappa shape index (κ3) is 3.80. The molecule has 0 radical (unpaired) electrons. The molecule has 0 fully saturated rings. The fraction of sp³-hybridized carbons (Fsp3) is 0.133. The van der Waals surface area contributed by atoms with E-state index in [-0.39, 0.29) is 23.6 Å². The second-order valence-corrected chi connectivity index (χ2v) is 4.35. The molecule has 0 bridgehead atoms. The van der Waals surface area contributed by atoms with Crippen molar-refractivity contribution in [2.45, 2.75) is 6.61 Å². The minimum Gasteiger partial charge on any atom is -0.490 e. The van der Waals surface area contributed by atoms with Crippen LogP contribution >= 0.6 is 0 Å². The number of rotatable bonds is 6. The van der Waals surface area contributed by atoms with E-state index in [1.165, 1.54) is 19.2 Å². The van der Waals surface area contributed by atoms with E-state index in [1.807, 2.05) is 30.3 Å². The van der Waals surface area contributed by atoms with Crippen LogP contribution in [0, 0.1) is 10.1 Å². The maximum Gasteiger partial charge on any atom is 0.311 e. The highest BCUT2D eigenvalue weighted by atomic mass is 16.7. The lowest BCUT2D eigenvalue weighted by Gasteiger charge is -2.07. The smallest absolute Gasteiger partial charge is 0.311 e. The summed E-state index contributed by atoms with van der Waals surface area (Å²) in [6, 6.07) is 13.2. The van der Waals surface area contributed by atoms with Crippen molar-refractivity contribution in [3.8, 4) is 5.75 Å². The number of nitrogens with zero attached hydrogens (tertiary/aromatic N) is 1. The van der Waals surface area contributed by atoms with Crippen LogP contribution in [0.1, 0.15) is 15.9 Å². The predicted octanol–water partition coefficient (Wildman–Crippen LogP) is 2.47. The fourth-order valence-corrected chi connectivity index (χ4v) is 1.79. The monoisotopic (exact) mass is 302 g/mol. The first-order valence-electron chi connectivity index (χ1n) is 6.40. The SMILES string of the molecule is COc1ccc(C(=O)NOCc2ccccc2)cc1[N+](=O)[O-]. The van der Waals surface area contributed by atoms with E-state index < -0.39 is 10.8 Å². The molecule has 0 heterocycles. The third-order valence-electron chi connectivity index (χ3n) is 2.88. The average Bonchev–Trinajstić information content (AvgIpc) is 2.55. The molecule has 2 aromatic carbocycles. The Kier molecular flexibility index (Phi) is 5.05. The van der Waals surface area contributed by atoms with E-state index in [0.717, 1.165) is 11.6 Å². The summed E-state index contributed by atoms with van der Waals surface area (Å²) in [6.45, 7) is 0.199. The molecule has 1 N–H and O–H groups in total. The van der Waals surface area contributed by atoms with Gasteiger partial charge in [-0.2, -0.15) is 0 Å². The van der Waals surface area contributed by atoms with Gasteiger partial charge in [0.1, 0.15) is 0 Å². The summed E-state index contributed by atoms with van der Waals surface area (Å²) in [7, 11) is 1.32. The standard InChI is InChI=1S/C15H14N2O5/c1-21-14-8-7-12(9-13(14)17(19)20)15(18)16-22-10-11-5-3-2-4-6-11/h2-9H,10H2,1H3,(H,16,18). The van der Waals surface area contributed by atoms with E-state index in [4.69, 9.17) is 9.57 Å². The number of amides is 1. The van der Waals surface area contributed by atoms with E-state index in [1.54, 1.807) is 0 Å². The summed E-state index contributed by atoms with van der Waals surface area (Å²) in [5.74, 6) is -0.478. The summed E-state index contributed by atoms with van der Waals surface area (Å²) >= 11 is 0. The third-order valence-corrected chi connectivity index (χ3v) is 2.88. The Hall–Kier alpha value is -2.93. The summed E-state index contributed by atoms with van der Waals surface area (Å²) in [4.78, 5) is 27.3. The average molecular weight is 302 g/mol. The summed E-state index contributed by atoms with van der Waals surface area (Å²) in [6.07, 6.45) is 0. The van der Waals surface area contributed by atoms with Crippen LogP contribution in [-0.2, 0) is 11.4 Å². The van der Waals surface area contributed by atoms with Gasteiger partial charge in [-0.05, 0) is 17.7 Å². The maximum absolute atomic E-state index is 11.9. The first-order chi connectivity index (χ1) is 10.6. The van der Waals surface area contributed by atoms with E-state index >= 15 is 0 Å². The van der Waals surface area contributed by atoms with E-state index in [2.05, 4.69) is 5.48 Å². The van der Waals surface area contributed by atoms with Gasteiger partial charge in [-0.3, -0.25) is 19.7 Å². The molecule has 0 aliphatic carbocycles. The number of benzene rings is 2. The zero-order chi connectivity index (χ0) is 15.9. The molecule has 7 nitrogen and oxygen atoms in total. The lowest BCUT2D eigenvalue weighted by Crippen LogP contribution is -2.23. The number of methoxy groups -OCH3 is 1. The van der Waals surface area contributed by atoms with Crippen LogP contribution < -0.4 is 10.2 Å². The van der Waals surface area contributed by atoms with Crippen molar-refractivity contribution in [3.63, 3.8) is 0 Å². The van der Waals surface area contributed by atoms with Crippen LogP contribution in [0.15, 0.2) is 48.5 Å². The fourth-order valence-electron chi connectivity index (χ4n) is 1.79. The van der Waals surface area contributed by atoms with Gasteiger partial charge in [-0.15, -0.1) is 0 Å². The second kappa shape index (κ2) is 7.19. The lowest BCUT2D eigenvalue weighted by molar-refractivity contribution is -0.385. The molecule has 0 unspecified atom stereocenters. The lowest BCUT2D eigenvalue weighted by atomic mass is 10.2. The molecule has 2 rings (SSSR count). The Labute approximate surface area is 126 Å². The van der Waals surface area contributed by atoms with Gasteiger partial charge in [0.25, 0.3) is 5.91 Å². The van der Waals surface area contributed by atoms with E-state index in [9.17, 15) is 14.9 Å². The zero-order valence-corrected chi connectivity index (χ0v) is 11.8. The first-order valence-corrected chi connectivity index (χ1v) is 6.40. The van der Waals surface area contributed by atoms with Gasteiger partial charge in [0.05, 0.1) is 18.6 Å². The molecule has 1 amide bonds. The summed E-state index contributed by atoms with van der Waals surface area (Å²) < 4.78 is 4.88. The maximum atomic E-state index is 11.9. The first kappa shape index (κ1) is 15.5. The molecular weight excluding hydrogens is 288 g/mol. The topological polar surface area (TPSA) is 90.7 Å².